The number of nitrogens with zero attached hydrogens (tertiary/aromatic N) is 2. The minimum atomic E-state index is -0.173. The second kappa shape index (κ2) is 13.5. The lowest BCUT2D eigenvalue weighted by molar-refractivity contribution is 0.0967. The van der Waals surface area contributed by atoms with E-state index in [1.165, 1.54) is 0 Å². The van der Waals surface area contributed by atoms with Crippen LogP contribution in [0.15, 0.2) is 109 Å². The van der Waals surface area contributed by atoms with Crippen molar-refractivity contribution < 1.29 is 19.1 Å². The van der Waals surface area contributed by atoms with Gasteiger partial charge in [-0.05, 0) is 88.4 Å². The third-order valence-electron chi connectivity index (χ3n) is 6.08. The molecule has 0 bridgehead atoms. The summed E-state index contributed by atoms with van der Waals surface area (Å²) in [4.78, 5) is 31.1. The molecule has 0 unspecified atom stereocenters. The second-order valence-electron chi connectivity index (χ2n) is 9.97. The molecule has 0 saturated heterocycles. The first kappa shape index (κ1) is 28.4. The molecule has 0 aliphatic heterocycles. The number of anilines is 2. The monoisotopic (exact) mass is 536 g/mol. The predicted octanol–water partition coefficient (Wildman–Crippen LogP) is 7.25. The molecule has 0 spiro atoms. The second-order valence-corrected chi connectivity index (χ2v) is 9.97. The summed E-state index contributed by atoms with van der Waals surface area (Å²) >= 11 is 0. The Balaban J connectivity index is 1.64. The average Bonchev–Trinajstić information content (AvgIpc) is 2.95. The van der Waals surface area contributed by atoms with E-state index < -0.39 is 0 Å². The fourth-order valence-corrected chi connectivity index (χ4v) is 4.37. The lowest BCUT2D eigenvalue weighted by atomic mass is 10.1. The number of hydrogen-bond acceptors (Lipinski definition) is 4. The van der Waals surface area contributed by atoms with Gasteiger partial charge in [-0.1, -0.05) is 48.5 Å². The van der Waals surface area contributed by atoms with E-state index in [2.05, 4.69) is 0 Å². The van der Waals surface area contributed by atoms with Crippen LogP contribution in [0, 0.1) is 0 Å². The molecule has 0 aromatic heterocycles. The Morgan fingerprint density at radius 3 is 1.27 bits per heavy atom. The molecule has 206 valence electrons. The van der Waals surface area contributed by atoms with Gasteiger partial charge in [0.1, 0.15) is 11.5 Å². The maximum absolute atomic E-state index is 13.9. The Labute approximate surface area is 236 Å². The molecule has 0 saturated carbocycles. The van der Waals surface area contributed by atoms with Crippen molar-refractivity contribution in [3.8, 4) is 11.5 Å². The van der Waals surface area contributed by atoms with Crippen LogP contribution in [0.3, 0.4) is 0 Å². The number of benzene rings is 4. The summed E-state index contributed by atoms with van der Waals surface area (Å²) < 4.78 is 11.7. The van der Waals surface area contributed by atoms with Crippen molar-refractivity contribution in [2.45, 2.75) is 39.9 Å². The maximum atomic E-state index is 13.9. The molecule has 0 heterocycles. The minimum absolute atomic E-state index is 0.00883. The number of carbonyl (C=O) groups is 2. The first-order chi connectivity index (χ1) is 19.3. The van der Waals surface area contributed by atoms with Crippen LogP contribution in [0.25, 0.3) is 0 Å². The van der Waals surface area contributed by atoms with Crippen LogP contribution in [0.2, 0.25) is 0 Å². The summed E-state index contributed by atoms with van der Waals surface area (Å²) in [5.74, 6) is 0.929. The SMILES string of the molecule is CC(C)Oc1cccc(C(=O)N(CCN(C(=O)c2cccc(OC(C)C)c2)c2ccccc2)c2ccccc2)c1. The van der Waals surface area contributed by atoms with Gasteiger partial charge in [-0.2, -0.15) is 0 Å². The number of amides is 2. The fraction of sp³-hybridized carbons (Fsp3) is 0.235. The van der Waals surface area contributed by atoms with Gasteiger partial charge in [-0.3, -0.25) is 9.59 Å². The largest absolute Gasteiger partial charge is 0.491 e. The molecule has 0 atom stereocenters. The molecular weight excluding hydrogens is 500 g/mol. The third-order valence-corrected chi connectivity index (χ3v) is 6.08. The Kier molecular flexibility index (Phi) is 9.57. The highest BCUT2D eigenvalue weighted by molar-refractivity contribution is 6.08. The normalized spacial score (nSPS) is 10.8. The van der Waals surface area contributed by atoms with Crippen LogP contribution in [0.4, 0.5) is 11.4 Å². The quantitative estimate of drug-likeness (QED) is 0.203. The van der Waals surface area contributed by atoms with Gasteiger partial charge in [-0.15, -0.1) is 0 Å². The van der Waals surface area contributed by atoms with E-state index in [1.807, 2.05) is 113 Å². The topological polar surface area (TPSA) is 59.1 Å². The van der Waals surface area contributed by atoms with Gasteiger partial charge in [0.25, 0.3) is 11.8 Å². The van der Waals surface area contributed by atoms with E-state index in [0.717, 1.165) is 11.4 Å². The van der Waals surface area contributed by atoms with Crippen LogP contribution in [0.5, 0.6) is 11.5 Å². The molecule has 6 nitrogen and oxygen atoms in total. The molecule has 0 N–H and O–H groups in total. The molecule has 4 aromatic carbocycles. The summed E-state index contributed by atoms with van der Waals surface area (Å²) in [5, 5.41) is 0. The zero-order valence-corrected chi connectivity index (χ0v) is 23.5. The Hall–Kier alpha value is -4.58. The van der Waals surface area contributed by atoms with Gasteiger partial charge in [0.05, 0.1) is 12.2 Å². The van der Waals surface area contributed by atoms with Gasteiger partial charge in [0.2, 0.25) is 0 Å². The van der Waals surface area contributed by atoms with E-state index in [0.29, 0.717) is 22.6 Å². The van der Waals surface area contributed by atoms with Crippen molar-refractivity contribution in [3.63, 3.8) is 0 Å². The molecule has 0 radical (unpaired) electrons. The predicted molar refractivity (Wildman–Crippen MR) is 161 cm³/mol. The zero-order chi connectivity index (χ0) is 28.5. The van der Waals surface area contributed by atoms with Crippen LogP contribution in [-0.2, 0) is 0 Å². The highest BCUT2D eigenvalue weighted by Crippen LogP contribution is 2.24. The van der Waals surface area contributed by atoms with Gasteiger partial charge in [0.15, 0.2) is 0 Å². The van der Waals surface area contributed by atoms with Crippen molar-refractivity contribution in [3.05, 3.63) is 120 Å². The molecular formula is C34H36N2O4. The van der Waals surface area contributed by atoms with Gasteiger partial charge in [0, 0.05) is 35.6 Å². The summed E-state index contributed by atoms with van der Waals surface area (Å²) in [6.07, 6.45) is -0.0177. The maximum Gasteiger partial charge on any atom is 0.258 e. The van der Waals surface area contributed by atoms with Crippen molar-refractivity contribution in [1.29, 1.82) is 0 Å². The average molecular weight is 537 g/mol. The third kappa shape index (κ3) is 7.50. The molecule has 2 amide bonds. The number of para-hydroxylation sites is 2. The highest BCUT2D eigenvalue weighted by atomic mass is 16.5. The number of rotatable bonds is 11. The van der Waals surface area contributed by atoms with E-state index in [-0.39, 0.29) is 37.1 Å². The molecule has 0 aliphatic rings. The van der Waals surface area contributed by atoms with Crippen molar-refractivity contribution in [2.75, 3.05) is 22.9 Å². The summed E-state index contributed by atoms with van der Waals surface area (Å²) in [5.41, 5.74) is 2.52. The first-order valence-electron chi connectivity index (χ1n) is 13.6. The van der Waals surface area contributed by atoms with E-state index in [9.17, 15) is 9.59 Å². The summed E-state index contributed by atoms with van der Waals surface area (Å²) in [6.45, 7) is 8.35. The summed E-state index contributed by atoms with van der Waals surface area (Å²) in [7, 11) is 0. The van der Waals surface area contributed by atoms with Crippen LogP contribution < -0.4 is 19.3 Å². The molecule has 0 fully saturated rings. The smallest absolute Gasteiger partial charge is 0.258 e. The minimum Gasteiger partial charge on any atom is -0.491 e. The fourth-order valence-electron chi connectivity index (χ4n) is 4.37. The highest BCUT2D eigenvalue weighted by Gasteiger charge is 2.23. The Morgan fingerprint density at radius 1 is 0.550 bits per heavy atom. The van der Waals surface area contributed by atoms with Crippen LogP contribution in [0.1, 0.15) is 48.4 Å². The van der Waals surface area contributed by atoms with Crippen molar-refractivity contribution in [1.82, 2.24) is 0 Å². The lowest BCUT2D eigenvalue weighted by Crippen LogP contribution is -2.41. The van der Waals surface area contributed by atoms with Gasteiger partial charge >= 0.3 is 0 Å². The van der Waals surface area contributed by atoms with E-state index in [1.54, 1.807) is 34.1 Å². The summed E-state index contributed by atoms with van der Waals surface area (Å²) in [6, 6.07) is 33.4. The van der Waals surface area contributed by atoms with Crippen LogP contribution >= 0.6 is 0 Å². The standard InChI is InChI=1S/C34H36N2O4/c1-25(2)39-31-19-11-13-27(23-31)33(37)35(29-15-7-5-8-16-29)21-22-36(30-17-9-6-10-18-30)34(38)28-14-12-20-32(24-28)40-26(3)4/h5-20,23-26H,21-22H2,1-4H3. The number of hydrogen-bond donors (Lipinski definition) is 0. The molecule has 40 heavy (non-hydrogen) atoms. The number of ether oxygens (including phenoxy) is 2. The van der Waals surface area contributed by atoms with Gasteiger partial charge < -0.3 is 19.3 Å². The van der Waals surface area contributed by atoms with Gasteiger partial charge in [-0.25, -0.2) is 0 Å². The molecule has 6 heteroatoms. The molecule has 4 rings (SSSR count). The van der Waals surface area contributed by atoms with Crippen molar-refractivity contribution >= 4 is 23.2 Å². The Bertz CT molecular complexity index is 1290. The van der Waals surface area contributed by atoms with E-state index >= 15 is 0 Å². The molecule has 4 aromatic rings. The lowest BCUT2D eigenvalue weighted by Gasteiger charge is -2.29. The van der Waals surface area contributed by atoms with E-state index in [4.69, 9.17) is 9.47 Å². The first-order valence-corrected chi connectivity index (χ1v) is 13.6. The number of carbonyl (C=O) groups excluding carboxylic acids is 2. The Morgan fingerprint density at radius 2 is 0.925 bits per heavy atom. The zero-order valence-electron chi connectivity index (χ0n) is 23.5. The van der Waals surface area contributed by atoms with Crippen LogP contribution in [-0.4, -0.2) is 37.1 Å². The molecule has 0 aliphatic carbocycles. The van der Waals surface area contributed by atoms with Crippen molar-refractivity contribution in [2.24, 2.45) is 0 Å².